The number of ether oxygens (including phenoxy) is 5. The Hall–Kier alpha value is -4.53. The fraction of sp³-hybridized carbons (Fsp3) is 0.387. The number of morpholine rings is 2. The van der Waals surface area contributed by atoms with Gasteiger partial charge in [-0.15, -0.1) is 0 Å². The van der Waals surface area contributed by atoms with Crippen molar-refractivity contribution in [2.75, 3.05) is 58.9 Å². The van der Waals surface area contributed by atoms with E-state index >= 15 is 8.78 Å². The number of aromatic nitrogens is 1. The van der Waals surface area contributed by atoms with Crippen LogP contribution in [0.1, 0.15) is 50.9 Å². The van der Waals surface area contributed by atoms with Crippen molar-refractivity contribution < 1.29 is 42.1 Å². The van der Waals surface area contributed by atoms with E-state index in [0.717, 1.165) is 24.3 Å². The highest BCUT2D eigenvalue weighted by atomic mass is 19.2. The highest BCUT2D eigenvalue weighted by molar-refractivity contribution is 5.96. The van der Waals surface area contributed by atoms with E-state index in [1.165, 1.54) is 16.9 Å². The summed E-state index contributed by atoms with van der Waals surface area (Å²) in [6.45, 7) is 0.742. The molecule has 3 aliphatic heterocycles. The van der Waals surface area contributed by atoms with Gasteiger partial charge in [0.25, 0.3) is 5.91 Å². The second-order valence-electron chi connectivity index (χ2n) is 11.1. The van der Waals surface area contributed by atoms with Crippen molar-refractivity contribution in [1.82, 2.24) is 14.5 Å². The molecule has 4 aliphatic rings. The number of nitrogens with zero attached hydrogens (tertiary/aromatic N) is 4. The van der Waals surface area contributed by atoms with Gasteiger partial charge in [0.1, 0.15) is 12.3 Å². The topological polar surface area (TPSA) is 112 Å². The van der Waals surface area contributed by atoms with E-state index in [4.69, 9.17) is 18.9 Å². The number of benzene rings is 2. The SMILES string of the molecule is COC(=O)OCOc1c2n(ccc1=O)N([C@@H]1c3ccccc3C3OCCN(C)C3c3c1ccc(F)c3F)[C@@H]1COCCN1C2=O. The average molecular weight is 625 g/mol. The van der Waals surface area contributed by atoms with Crippen LogP contribution >= 0.6 is 0 Å². The Bertz CT molecular complexity index is 1730. The van der Waals surface area contributed by atoms with Crippen LogP contribution in [0.2, 0.25) is 0 Å². The largest absolute Gasteiger partial charge is 0.510 e. The summed E-state index contributed by atoms with van der Waals surface area (Å²) in [6, 6.07) is 9.97. The molecule has 0 saturated carbocycles. The molecule has 7 rings (SSSR count). The normalized spacial score (nSPS) is 24.0. The predicted octanol–water partition coefficient (Wildman–Crippen LogP) is 2.84. The lowest BCUT2D eigenvalue weighted by Gasteiger charge is -2.51. The zero-order valence-electron chi connectivity index (χ0n) is 24.5. The van der Waals surface area contributed by atoms with Crippen molar-refractivity contribution in [3.05, 3.63) is 98.5 Å². The van der Waals surface area contributed by atoms with Crippen LogP contribution in [0.4, 0.5) is 13.6 Å². The number of carbonyl (C=O) groups is 2. The Labute approximate surface area is 256 Å². The van der Waals surface area contributed by atoms with Crippen LogP contribution in [0, 0.1) is 11.6 Å². The van der Waals surface area contributed by atoms with Crippen molar-refractivity contribution in [3.8, 4) is 5.75 Å². The molecule has 1 aliphatic carbocycles. The van der Waals surface area contributed by atoms with Gasteiger partial charge in [0.05, 0.1) is 39.0 Å². The highest BCUT2D eigenvalue weighted by Crippen LogP contribution is 2.51. The Balaban J connectivity index is 1.49. The fourth-order valence-corrected chi connectivity index (χ4v) is 6.86. The third-order valence-electron chi connectivity index (χ3n) is 8.82. The molecule has 0 N–H and O–H groups in total. The van der Waals surface area contributed by atoms with Crippen molar-refractivity contribution in [2.24, 2.45) is 0 Å². The number of rotatable bonds is 4. The molecule has 4 atom stereocenters. The number of carbonyl (C=O) groups excluding carboxylic acids is 2. The number of halogens is 2. The summed E-state index contributed by atoms with van der Waals surface area (Å²) < 4.78 is 59.7. The smallest absolute Gasteiger partial charge is 0.451 e. The summed E-state index contributed by atoms with van der Waals surface area (Å²) in [7, 11) is 2.98. The van der Waals surface area contributed by atoms with E-state index in [2.05, 4.69) is 4.74 Å². The van der Waals surface area contributed by atoms with Crippen LogP contribution in [-0.2, 0) is 18.9 Å². The van der Waals surface area contributed by atoms with E-state index in [9.17, 15) is 14.4 Å². The molecule has 2 aromatic carbocycles. The van der Waals surface area contributed by atoms with Crippen molar-refractivity contribution >= 4 is 12.1 Å². The zero-order chi connectivity index (χ0) is 31.4. The quantitative estimate of drug-likeness (QED) is 0.317. The van der Waals surface area contributed by atoms with Crippen LogP contribution in [0.5, 0.6) is 5.75 Å². The van der Waals surface area contributed by atoms with Gasteiger partial charge in [-0.1, -0.05) is 30.3 Å². The monoisotopic (exact) mass is 624 g/mol. The third kappa shape index (κ3) is 4.62. The van der Waals surface area contributed by atoms with E-state index in [-0.39, 0.29) is 36.8 Å². The van der Waals surface area contributed by atoms with E-state index in [1.54, 1.807) is 11.0 Å². The Morgan fingerprint density at radius 3 is 2.62 bits per heavy atom. The van der Waals surface area contributed by atoms with Gasteiger partial charge in [0.2, 0.25) is 18.0 Å². The molecule has 2 saturated heterocycles. The van der Waals surface area contributed by atoms with Gasteiger partial charge in [0, 0.05) is 30.9 Å². The maximum absolute atomic E-state index is 16.1. The second kappa shape index (κ2) is 11.4. The molecule has 236 valence electrons. The second-order valence-corrected chi connectivity index (χ2v) is 11.1. The van der Waals surface area contributed by atoms with E-state index in [1.807, 2.05) is 41.2 Å². The molecule has 1 amide bonds. The summed E-state index contributed by atoms with van der Waals surface area (Å²) in [4.78, 5) is 42.3. The Morgan fingerprint density at radius 2 is 1.82 bits per heavy atom. The summed E-state index contributed by atoms with van der Waals surface area (Å²) in [5, 5.41) is 1.83. The van der Waals surface area contributed by atoms with Crippen molar-refractivity contribution in [1.29, 1.82) is 0 Å². The van der Waals surface area contributed by atoms with Crippen LogP contribution in [0.15, 0.2) is 53.5 Å². The Morgan fingerprint density at radius 1 is 1.02 bits per heavy atom. The highest BCUT2D eigenvalue weighted by Gasteiger charge is 2.49. The lowest BCUT2D eigenvalue weighted by Crippen LogP contribution is -2.66. The summed E-state index contributed by atoms with van der Waals surface area (Å²) in [6.07, 6.45) is -0.917. The number of fused-ring (bicyclic) bond motifs is 7. The molecular formula is C31H30F2N4O8. The molecule has 45 heavy (non-hydrogen) atoms. The molecule has 4 heterocycles. The van der Waals surface area contributed by atoms with Crippen molar-refractivity contribution in [2.45, 2.75) is 24.4 Å². The first-order chi connectivity index (χ1) is 21.8. The lowest BCUT2D eigenvalue weighted by molar-refractivity contribution is -0.0662. The van der Waals surface area contributed by atoms with Gasteiger partial charge in [-0.3, -0.25) is 24.2 Å². The molecule has 3 aromatic rings. The fourth-order valence-electron chi connectivity index (χ4n) is 6.86. The first-order valence-electron chi connectivity index (χ1n) is 14.5. The average Bonchev–Trinajstić information content (AvgIpc) is 3.17. The van der Waals surface area contributed by atoms with Crippen LogP contribution in [0.25, 0.3) is 0 Å². The number of methoxy groups -OCH3 is 1. The van der Waals surface area contributed by atoms with Gasteiger partial charge in [-0.2, -0.15) is 0 Å². The standard InChI is InChI=1S/C31H30F2N4O8/c1-34-11-14-43-28-18-6-4-3-5-17(18)25(19-7-8-20(32)24(33)23(19)26(28)34)37-22-15-42-13-12-35(22)30(39)27-29(21(38)9-10-36(27)37)44-16-45-31(40)41-2/h3-10,22,25-26,28H,11-16H2,1-2H3/t22-,25-,26?,28?/m1/s1. The number of pyridine rings is 1. The van der Waals surface area contributed by atoms with Gasteiger partial charge in [-0.05, 0) is 29.8 Å². The number of amides is 1. The molecule has 2 unspecified atom stereocenters. The van der Waals surface area contributed by atoms with E-state index < -0.39 is 60.3 Å². The number of likely N-dealkylation sites (N-methyl/N-ethyl adjacent to an activating group) is 1. The van der Waals surface area contributed by atoms with Gasteiger partial charge >= 0.3 is 6.16 Å². The van der Waals surface area contributed by atoms with Crippen LogP contribution in [-0.4, -0.2) is 86.6 Å². The minimum Gasteiger partial charge on any atom is -0.451 e. The molecule has 12 nitrogen and oxygen atoms in total. The number of hydrogen-bond acceptors (Lipinski definition) is 10. The molecule has 2 fully saturated rings. The van der Waals surface area contributed by atoms with Gasteiger partial charge < -0.3 is 28.6 Å². The zero-order valence-corrected chi connectivity index (χ0v) is 24.5. The van der Waals surface area contributed by atoms with Gasteiger partial charge in [-0.25, -0.2) is 13.6 Å². The third-order valence-corrected chi connectivity index (χ3v) is 8.82. The Kier molecular flexibility index (Phi) is 7.42. The molecule has 14 heteroatoms. The molecule has 0 spiro atoms. The predicted molar refractivity (Wildman–Crippen MR) is 152 cm³/mol. The lowest BCUT2D eigenvalue weighted by atomic mass is 9.91. The molecular weight excluding hydrogens is 594 g/mol. The van der Waals surface area contributed by atoms with E-state index in [0.29, 0.717) is 18.7 Å². The summed E-state index contributed by atoms with van der Waals surface area (Å²) in [5.74, 6) is -2.82. The molecule has 0 radical (unpaired) electrons. The van der Waals surface area contributed by atoms with Gasteiger partial charge in [0.15, 0.2) is 17.3 Å². The molecule has 1 aromatic heterocycles. The summed E-state index contributed by atoms with van der Waals surface area (Å²) in [5.41, 5.74) is 1.40. The minimum atomic E-state index is -1.03. The summed E-state index contributed by atoms with van der Waals surface area (Å²) >= 11 is 0. The minimum absolute atomic E-state index is 0.0971. The number of hydrogen-bond donors (Lipinski definition) is 0. The van der Waals surface area contributed by atoms with Crippen LogP contribution in [0.3, 0.4) is 0 Å². The maximum Gasteiger partial charge on any atom is 0.510 e. The first-order valence-corrected chi connectivity index (χ1v) is 14.5. The van der Waals surface area contributed by atoms with Crippen molar-refractivity contribution in [3.63, 3.8) is 0 Å². The van der Waals surface area contributed by atoms with Crippen LogP contribution < -0.4 is 15.2 Å². The first kappa shape index (κ1) is 29.2. The maximum atomic E-state index is 16.1. The molecule has 0 bridgehead atoms.